The highest BCUT2D eigenvalue weighted by molar-refractivity contribution is 7.91. The van der Waals surface area contributed by atoms with Crippen LogP contribution in [0.4, 0.5) is 4.39 Å². The zero-order valence-electron chi connectivity index (χ0n) is 19.1. The normalized spacial score (nSPS) is 12.4. The average molecular weight is 512 g/mol. The number of rotatable bonds is 9. The Kier molecular flexibility index (Phi) is 7.06. The molecule has 4 rings (SSSR count). The number of carboxylic acids is 1. The molecule has 0 aliphatic rings. The van der Waals surface area contributed by atoms with Crippen molar-refractivity contribution in [3.63, 3.8) is 0 Å². The van der Waals surface area contributed by atoms with Crippen molar-refractivity contribution >= 4 is 32.6 Å². The van der Waals surface area contributed by atoms with Crippen LogP contribution in [0, 0.1) is 5.82 Å². The zero-order chi connectivity index (χ0) is 25.9. The van der Waals surface area contributed by atoms with E-state index in [9.17, 15) is 22.4 Å². The number of aromatic nitrogens is 4. The van der Waals surface area contributed by atoms with Crippen molar-refractivity contribution in [1.82, 2.24) is 25.1 Å². The summed E-state index contributed by atoms with van der Waals surface area (Å²) in [6.07, 6.45) is 7.00. The smallest absolute Gasteiger partial charge is 0.304 e. The van der Waals surface area contributed by atoms with Gasteiger partial charge in [0.25, 0.3) is 5.91 Å². The number of carbonyl (C=O) groups excluding carboxylic acids is 1. The lowest BCUT2D eigenvalue weighted by atomic mass is 10.1. The van der Waals surface area contributed by atoms with Crippen molar-refractivity contribution < 1.29 is 27.5 Å². The van der Waals surface area contributed by atoms with E-state index in [0.717, 1.165) is 6.20 Å². The van der Waals surface area contributed by atoms with Gasteiger partial charge in [-0.3, -0.25) is 19.6 Å². The van der Waals surface area contributed by atoms with Gasteiger partial charge >= 0.3 is 5.97 Å². The Morgan fingerprint density at radius 2 is 1.81 bits per heavy atom. The van der Waals surface area contributed by atoms with E-state index < -0.39 is 39.9 Å². The molecule has 12 heteroatoms. The topological polar surface area (TPSA) is 144 Å². The fraction of sp³-hybridized carbons (Fsp3) is 0.208. The number of carbonyl (C=O) groups is 2. The number of halogens is 1. The van der Waals surface area contributed by atoms with Crippen LogP contribution in [0.15, 0.2) is 66.2 Å². The summed E-state index contributed by atoms with van der Waals surface area (Å²) in [5.41, 5.74) is 1.88. The second-order valence-corrected chi connectivity index (χ2v) is 10.1. The van der Waals surface area contributed by atoms with Crippen LogP contribution in [0.3, 0.4) is 0 Å². The Balaban J connectivity index is 1.60. The molecule has 0 aliphatic heterocycles. The molecule has 0 aliphatic carbocycles. The van der Waals surface area contributed by atoms with Crippen LogP contribution in [-0.2, 0) is 14.6 Å². The van der Waals surface area contributed by atoms with E-state index >= 15 is 0 Å². The number of amides is 1. The van der Waals surface area contributed by atoms with Crippen LogP contribution in [0.1, 0.15) is 41.7 Å². The fourth-order valence-corrected chi connectivity index (χ4v) is 4.92. The van der Waals surface area contributed by atoms with E-state index in [1.807, 2.05) is 6.92 Å². The molecule has 1 atom stereocenters. The minimum absolute atomic E-state index is 0.113. The molecule has 10 nitrogen and oxygen atoms in total. The molecule has 0 bridgehead atoms. The minimum Gasteiger partial charge on any atom is -0.481 e. The molecule has 1 amide bonds. The highest BCUT2D eigenvalue weighted by Crippen LogP contribution is 2.24. The molecule has 186 valence electrons. The van der Waals surface area contributed by atoms with E-state index in [-0.39, 0.29) is 16.3 Å². The SMILES string of the molecule is CC[C@H](NC(=O)c1cncc2c1cnn2-c1ccc(F)cc1)c1cncc(S(=O)(=O)CCC(=O)O)c1. The molecular weight excluding hydrogens is 489 g/mol. The van der Waals surface area contributed by atoms with Crippen molar-refractivity contribution in [2.24, 2.45) is 0 Å². The van der Waals surface area contributed by atoms with Crippen LogP contribution in [0.2, 0.25) is 0 Å². The first-order valence-electron chi connectivity index (χ1n) is 11.0. The maximum absolute atomic E-state index is 13.3. The van der Waals surface area contributed by atoms with Gasteiger partial charge in [0.2, 0.25) is 0 Å². The van der Waals surface area contributed by atoms with Gasteiger partial charge < -0.3 is 10.4 Å². The lowest BCUT2D eigenvalue weighted by molar-refractivity contribution is -0.136. The second-order valence-electron chi connectivity index (χ2n) is 8.00. The number of sulfone groups is 1. The number of benzene rings is 1. The molecule has 4 aromatic rings. The molecule has 0 fully saturated rings. The lowest BCUT2D eigenvalue weighted by Gasteiger charge is -2.18. The summed E-state index contributed by atoms with van der Waals surface area (Å²) >= 11 is 0. The molecule has 0 saturated carbocycles. The van der Waals surface area contributed by atoms with Crippen molar-refractivity contribution in [3.05, 3.63) is 78.3 Å². The Morgan fingerprint density at radius 3 is 2.50 bits per heavy atom. The van der Waals surface area contributed by atoms with Gasteiger partial charge in [-0.05, 0) is 42.3 Å². The summed E-state index contributed by atoms with van der Waals surface area (Å²) in [6.45, 7) is 1.82. The van der Waals surface area contributed by atoms with Gasteiger partial charge in [-0.1, -0.05) is 6.92 Å². The van der Waals surface area contributed by atoms with E-state index in [2.05, 4.69) is 20.4 Å². The van der Waals surface area contributed by atoms with Crippen LogP contribution in [0.25, 0.3) is 16.6 Å². The number of hydrogen-bond acceptors (Lipinski definition) is 7. The first kappa shape index (κ1) is 24.9. The highest BCUT2D eigenvalue weighted by atomic mass is 32.2. The maximum Gasteiger partial charge on any atom is 0.304 e. The largest absolute Gasteiger partial charge is 0.481 e. The molecule has 2 N–H and O–H groups in total. The zero-order valence-corrected chi connectivity index (χ0v) is 19.9. The molecule has 0 spiro atoms. The van der Waals surface area contributed by atoms with Crippen molar-refractivity contribution in [3.8, 4) is 5.69 Å². The lowest BCUT2D eigenvalue weighted by Crippen LogP contribution is -2.28. The quantitative estimate of drug-likeness (QED) is 0.349. The highest BCUT2D eigenvalue weighted by Gasteiger charge is 2.22. The minimum atomic E-state index is -3.86. The number of nitrogens with zero attached hydrogens (tertiary/aromatic N) is 4. The van der Waals surface area contributed by atoms with Gasteiger partial charge in [0.1, 0.15) is 5.82 Å². The molecular formula is C24H22FN5O5S. The number of hydrogen-bond donors (Lipinski definition) is 2. The standard InChI is InChI=1S/C24H22FN5O5S/c1-2-21(15-9-18(11-26-10-15)36(34,35)8-7-23(31)32)29-24(33)20-12-27-14-22-19(20)13-28-30(22)17-5-3-16(25)4-6-17/h3-6,9-14,21H,2,7-8H2,1H3,(H,29,33)(H,31,32)/t21-/m0/s1. The first-order valence-corrected chi connectivity index (χ1v) is 12.6. The van der Waals surface area contributed by atoms with E-state index in [1.165, 1.54) is 36.8 Å². The summed E-state index contributed by atoms with van der Waals surface area (Å²) in [4.78, 5) is 32.0. The first-order chi connectivity index (χ1) is 17.2. The third-order valence-corrected chi connectivity index (χ3v) is 7.29. The predicted molar refractivity (Wildman–Crippen MR) is 128 cm³/mol. The summed E-state index contributed by atoms with van der Waals surface area (Å²) in [7, 11) is -3.86. The van der Waals surface area contributed by atoms with E-state index in [4.69, 9.17) is 5.11 Å². The van der Waals surface area contributed by atoms with Crippen LogP contribution in [0.5, 0.6) is 0 Å². The monoisotopic (exact) mass is 511 g/mol. The van der Waals surface area contributed by atoms with Gasteiger partial charge in [-0.25, -0.2) is 17.5 Å². The average Bonchev–Trinajstić information content (AvgIpc) is 3.31. The molecule has 36 heavy (non-hydrogen) atoms. The number of fused-ring (bicyclic) bond motifs is 1. The third kappa shape index (κ3) is 5.23. The Labute approximate surface area is 205 Å². The molecule has 0 unspecified atom stereocenters. The molecule has 3 aromatic heterocycles. The van der Waals surface area contributed by atoms with Crippen LogP contribution in [-0.4, -0.2) is 50.9 Å². The van der Waals surface area contributed by atoms with Crippen LogP contribution < -0.4 is 5.32 Å². The van der Waals surface area contributed by atoms with Crippen molar-refractivity contribution in [2.75, 3.05) is 5.75 Å². The predicted octanol–water partition coefficient (Wildman–Crippen LogP) is 3.08. The third-order valence-electron chi connectivity index (χ3n) is 5.61. The van der Waals surface area contributed by atoms with Gasteiger partial charge in [-0.2, -0.15) is 5.10 Å². The maximum atomic E-state index is 13.3. The second kappa shape index (κ2) is 10.2. The van der Waals surface area contributed by atoms with Gasteiger partial charge in [0, 0.05) is 24.0 Å². The van der Waals surface area contributed by atoms with E-state index in [1.54, 1.807) is 23.0 Å². The number of pyridine rings is 2. The summed E-state index contributed by atoms with van der Waals surface area (Å²) in [5, 5.41) is 16.5. The molecule has 3 heterocycles. The summed E-state index contributed by atoms with van der Waals surface area (Å²) in [5.74, 6) is -2.60. The van der Waals surface area contributed by atoms with Crippen LogP contribution >= 0.6 is 0 Å². The fourth-order valence-electron chi connectivity index (χ4n) is 3.70. The molecule has 0 saturated heterocycles. The Morgan fingerprint density at radius 1 is 1.08 bits per heavy atom. The molecule has 1 aromatic carbocycles. The van der Waals surface area contributed by atoms with Crippen molar-refractivity contribution in [1.29, 1.82) is 0 Å². The van der Waals surface area contributed by atoms with Crippen molar-refractivity contribution in [2.45, 2.75) is 30.7 Å². The number of carboxylic acid groups (broad SMARTS) is 1. The Bertz CT molecular complexity index is 1540. The summed E-state index contributed by atoms with van der Waals surface area (Å²) in [6, 6.07) is 6.57. The molecule has 0 radical (unpaired) electrons. The Hall–Kier alpha value is -4.19. The van der Waals surface area contributed by atoms with Gasteiger partial charge in [0.05, 0.1) is 52.3 Å². The van der Waals surface area contributed by atoms with Gasteiger partial charge in [0.15, 0.2) is 9.84 Å². The summed E-state index contributed by atoms with van der Waals surface area (Å²) < 4.78 is 39.9. The number of aliphatic carboxylic acids is 1. The van der Waals surface area contributed by atoms with E-state index in [0.29, 0.717) is 28.6 Å². The number of nitrogens with one attached hydrogen (secondary N) is 1. The van der Waals surface area contributed by atoms with Gasteiger partial charge in [-0.15, -0.1) is 0 Å².